The fourth-order valence-corrected chi connectivity index (χ4v) is 1.92. The Labute approximate surface area is 85.6 Å². The van der Waals surface area contributed by atoms with Crippen LogP contribution in [0.2, 0.25) is 10.0 Å². The third-order valence-electron chi connectivity index (χ3n) is 2.28. The average molecular weight is 220 g/mol. The predicted molar refractivity (Wildman–Crippen MR) is 51.8 cm³/mol. The zero-order valence-electron chi connectivity index (χ0n) is 6.73. The Morgan fingerprint density at radius 2 is 1.92 bits per heavy atom. The predicted octanol–water partition coefficient (Wildman–Crippen LogP) is 2.95. The molecule has 1 fully saturated rings. The summed E-state index contributed by atoms with van der Waals surface area (Å²) in [5.74, 6) is -0.223. The van der Waals surface area contributed by atoms with Crippen molar-refractivity contribution in [2.45, 2.75) is 18.4 Å². The molecule has 2 atom stereocenters. The molecule has 0 aromatic heterocycles. The van der Waals surface area contributed by atoms with Crippen molar-refractivity contribution in [2.24, 2.45) is 5.73 Å². The highest BCUT2D eigenvalue weighted by Gasteiger charge is 2.36. The van der Waals surface area contributed by atoms with E-state index in [1.165, 1.54) is 12.1 Å². The van der Waals surface area contributed by atoms with Gasteiger partial charge in [-0.3, -0.25) is 0 Å². The Bertz CT molecular complexity index is 354. The fourth-order valence-electron chi connectivity index (χ4n) is 1.39. The first-order valence-corrected chi connectivity index (χ1v) is 4.75. The molecule has 2 rings (SSSR count). The zero-order chi connectivity index (χ0) is 9.59. The maximum absolute atomic E-state index is 13.0. The highest BCUT2D eigenvalue weighted by atomic mass is 35.5. The van der Waals surface area contributed by atoms with Gasteiger partial charge in [-0.1, -0.05) is 23.2 Å². The van der Waals surface area contributed by atoms with Gasteiger partial charge in [0.05, 0.1) is 5.02 Å². The molecule has 1 aliphatic carbocycles. The summed E-state index contributed by atoms with van der Waals surface area (Å²) in [4.78, 5) is 0. The summed E-state index contributed by atoms with van der Waals surface area (Å²) in [7, 11) is 0. The molecule has 1 aromatic carbocycles. The molecule has 1 aliphatic rings. The Morgan fingerprint density at radius 3 is 2.46 bits per heavy atom. The standard InChI is InChI=1S/C9H8Cl2FN/c10-6-3-7(11)8(12)1-4(6)5-2-9(5)13/h1,3,5,9H,2,13H2. The van der Waals surface area contributed by atoms with Gasteiger partial charge in [-0.25, -0.2) is 4.39 Å². The molecule has 0 spiro atoms. The molecule has 0 saturated heterocycles. The van der Waals surface area contributed by atoms with Crippen molar-refractivity contribution >= 4 is 23.2 Å². The van der Waals surface area contributed by atoms with E-state index < -0.39 is 5.82 Å². The maximum atomic E-state index is 13.0. The van der Waals surface area contributed by atoms with Gasteiger partial charge in [0.25, 0.3) is 0 Å². The second-order valence-corrected chi connectivity index (χ2v) is 4.11. The van der Waals surface area contributed by atoms with Gasteiger partial charge in [0.15, 0.2) is 0 Å². The van der Waals surface area contributed by atoms with Crippen LogP contribution < -0.4 is 5.73 Å². The molecule has 2 N–H and O–H groups in total. The summed E-state index contributed by atoms with van der Waals surface area (Å²) in [5, 5.41) is 0.562. The van der Waals surface area contributed by atoms with E-state index in [0.717, 1.165) is 12.0 Å². The van der Waals surface area contributed by atoms with Crippen molar-refractivity contribution in [1.29, 1.82) is 0 Å². The molecule has 0 aliphatic heterocycles. The van der Waals surface area contributed by atoms with Gasteiger partial charge in [-0.05, 0) is 24.1 Å². The van der Waals surface area contributed by atoms with E-state index in [2.05, 4.69) is 0 Å². The van der Waals surface area contributed by atoms with E-state index in [1.54, 1.807) is 0 Å². The molecular weight excluding hydrogens is 212 g/mol. The number of hydrogen-bond donors (Lipinski definition) is 1. The summed E-state index contributed by atoms with van der Waals surface area (Å²) in [6.45, 7) is 0. The number of halogens is 3. The van der Waals surface area contributed by atoms with Crippen molar-refractivity contribution in [3.05, 3.63) is 33.6 Å². The van der Waals surface area contributed by atoms with E-state index in [9.17, 15) is 4.39 Å². The number of benzene rings is 1. The molecule has 0 amide bonds. The first-order valence-electron chi connectivity index (χ1n) is 3.99. The van der Waals surface area contributed by atoms with E-state index in [0.29, 0.717) is 5.02 Å². The fraction of sp³-hybridized carbons (Fsp3) is 0.333. The van der Waals surface area contributed by atoms with Crippen LogP contribution in [0.25, 0.3) is 0 Å². The topological polar surface area (TPSA) is 26.0 Å². The second-order valence-electron chi connectivity index (χ2n) is 3.29. The quantitative estimate of drug-likeness (QED) is 0.723. The van der Waals surface area contributed by atoms with E-state index in [-0.39, 0.29) is 17.0 Å². The van der Waals surface area contributed by atoms with Crippen LogP contribution in [-0.2, 0) is 0 Å². The van der Waals surface area contributed by atoms with Gasteiger partial charge < -0.3 is 5.73 Å². The summed E-state index contributed by atoms with van der Waals surface area (Å²) >= 11 is 11.5. The highest BCUT2D eigenvalue weighted by molar-refractivity contribution is 6.35. The minimum Gasteiger partial charge on any atom is -0.327 e. The van der Waals surface area contributed by atoms with Crippen LogP contribution in [0, 0.1) is 5.82 Å². The van der Waals surface area contributed by atoms with E-state index >= 15 is 0 Å². The third-order valence-corrected chi connectivity index (χ3v) is 2.90. The van der Waals surface area contributed by atoms with Crippen LogP contribution in [0.3, 0.4) is 0 Å². The Balaban J connectivity index is 2.41. The van der Waals surface area contributed by atoms with Crippen LogP contribution in [0.4, 0.5) is 4.39 Å². The van der Waals surface area contributed by atoms with E-state index in [4.69, 9.17) is 28.9 Å². The lowest BCUT2D eigenvalue weighted by Gasteiger charge is -2.03. The maximum Gasteiger partial charge on any atom is 0.142 e. The van der Waals surface area contributed by atoms with Crippen molar-refractivity contribution in [2.75, 3.05) is 0 Å². The summed E-state index contributed by atoms with van der Waals surface area (Å²) < 4.78 is 13.0. The lowest BCUT2D eigenvalue weighted by atomic mass is 10.1. The molecule has 1 aromatic rings. The van der Waals surface area contributed by atoms with Gasteiger partial charge >= 0.3 is 0 Å². The molecule has 13 heavy (non-hydrogen) atoms. The third kappa shape index (κ3) is 1.66. The van der Waals surface area contributed by atoms with Crippen molar-refractivity contribution < 1.29 is 4.39 Å². The Kier molecular flexibility index (Phi) is 2.22. The van der Waals surface area contributed by atoms with E-state index in [1.807, 2.05) is 0 Å². The first-order chi connectivity index (χ1) is 6.09. The lowest BCUT2D eigenvalue weighted by molar-refractivity contribution is 0.626. The molecule has 0 radical (unpaired) electrons. The monoisotopic (exact) mass is 219 g/mol. The van der Waals surface area contributed by atoms with Gasteiger partial charge in [0.2, 0.25) is 0 Å². The van der Waals surface area contributed by atoms with Gasteiger partial charge in [-0.15, -0.1) is 0 Å². The SMILES string of the molecule is NC1CC1c1cc(F)c(Cl)cc1Cl. The van der Waals surface area contributed by atoms with Gasteiger partial charge in [0, 0.05) is 17.0 Å². The molecule has 1 saturated carbocycles. The summed E-state index contributed by atoms with van der Waals surface area (Å²) in [6, 6.07) is 2.93. The van der Waals surface area contributed by atoms with Crippen molar-refractivity contribution in [3.8, 4) is 0 Å². The normalized spacial score (nSPS) is 26.2. The molecular formula is C9H8Cl2FN. The average Bonchev–Trinajstić information content (AvgIpc) is 2.75. The number of hydrogen-bond acceptors (Lipinski definition) is 1. The molecule has 0 bridgehead atoms. The highest BCUT2D eigenvalue weighted by Crippen LogP contribution is 2.43. The van der Waals surface area contributed by atoms with Crippen LogP contribution in [0.5, 0.6) is 0 Å². The Hall–Kier alpha value is -0.310. The number of nitrogens with two attached hydrogens (primary N) is 1. The molecule has 4 heteroatoms. The van der Waals surface area contributed by atoms with Gasteiger partial charge in [0.1, 0.15) is 5.82 Å². The van der Waals surface area contributed by atoms with Crippen molar-refractivity contribution in [3.63, 3.8) is 0 Å². The minimum atomic E-state index is -0.430. The van der Waals surface area contributed by atoms with Crippen LogP contribution in [-0.4, -0.2) is 6.04 Å². The first kappa shape index (κ1) is 9.25. The van der Waals surface area contributed by atoms with Crippen LogP contribution in [0.1, 0.15) is 17.9 Å². The molecule has 1 nitrogen and oxygen atoms in total. The van der Waals surface area contributed by atoms with Crippen LogP contribution >= 0.6 is 23.2 Å². The largest absolute Gasteiger partial charge is 0.327 e. The molecule has 70 valence electrons. The zero-order valence-corrected chi connectivity index (χ0v) is 8.24. The summed E-state index contributed by atoms with van der Waals surface area (Å²) in [6.07, 6.45) is 0.876. The number of rotatable bonds is 1. The Morgan fingerprint density at radius 1 is 1.31 bits per heavy atom. The molecule has 0 heterocycles. The lowest BCUT2D eigenvalue weighted by Crippen LogP contribution is -2.01. The van der Waals surface area contributed by atoms with Crippen LogP contribution in [0.15, 0.2) is 12.1 Å². The summed E-state index contributed by atoms with van der Waals surface area (Å²) in [5.41, 5.74) is 6.42. The minimum absolute atomic E-state index is 0.0583. The second kappa shape index (κ2) is 3.12. The smallest absolute Gasteiger partial charge is 0.142 e. The molecule has 2 unspecified atom stereocenters. The van der Waals surface area contributed by atoms with Gasteiger partial charge in [-0.2, -0.15) is 0 Å². The van der Waals surface area contributed by atoms with Crippen molar-refractivity contribution in [1.82, 2.24) is 0 Å².